The molecule has 28 heteroatoms. The maximum atomic E-state index is 8.25. The molecule has 6 aromatic carbocycles. The number of hydrogen-bond acceptors (Lipinski definition) is 19. The molecule has 0 aliphatic carbocycles. The third-order valence-electron chi connectivity index (χ3n) is 8.53. The maximum Gasteiger partial charge on any atom is 3.00 e. The van der Waals surface area contributed by atoms with Crippen LogP contribution >= 0.6 is 14.1 Å². The van der Waals surface area contributed by atoms with Gasteiger partial charge in [0.25, 0.3) is 0 Å². The summed E-state index contributed by atoms with van der Waals surface area (Å²) in [5.41, 5.74) is 1.89. The van der Waals surface area contributed by atoms with Crippen molar-refractivity contribution in [1.82, 2.24) is 4.98 Å². The molecular formula is C45H40CeCuN9O15P2. The van der Waals surface area contributed by atoms with Crippen molar-refractivity contribution >= 4 is 45.9 Å². The summed E-state index contributed by atoms with van der Waals surface area (Å²) >= 11 is 0. The van der Waals surface area contributed by atoms with E-state index in [4.69, 9.17) is 96.3 Å². The largest absolute Gasteiger partial charge is 3.00 e. The van der Waals surface area contributed by atoms with Gasteiger partial charge < -0.3 is 76.6 Å². The molecule has 0 saturated heterocycles. The van der Waals surface area contributed by atoms with E-state index in [0.29, 0.717) is 13.1 Å². The molecule has 0 unspecified atom stereocenters. The summed E-state index contributed by atoms with van der Waals surface area (Å²) in [7, 11) is -4.66. The molecular weight excluding hydrogens is 1170 g/mol. The van der Waals surface area contributed by atoms with E-state index in [1.165, 1.54) is 38.8 Å². The molecule has 0 aliphatic heterocycles. The minimum atomic E-state index is -2.33. The predicted octanol–water partition coefficient (Wildman–Crippen LogP) is 7.77. The van der Waals surface area contributed by atoms with Crippen LogP contribution in [0.5, 0.6) is 0 Å². The van der Waals surface area contributed by atoms with Crippen molar-refractivity contribution in [2.75, 3.05) is 0 Å². The van der Waals surface area contributed by atoms with Crippen molar-refractivity contribution < 1.29 is 84.2 Å². The van der Waals surface area contributed by atoms with Crippen LogP contribution in [0.15, 0.2) is 210 Å². The molecule has 1 heterocycles. The Kier molecular flexibility index (Phi) is 35.1. The minimum absolute atomic E-state index is 0. The third kappa shape index (κ3) is 25.8. The summed E-state index contributed by atoms with van der Waals surface area (Å²) in [4.78, 5) is 46.4. The van der Waals surface area contributed by atoms with Gasteiger partial charge in [-0.05, 0) is 12.1 Å². The number of benzene rings is 6. The van der Waals surface area contributed by atoms with Gasteiger partial charge in [-0.25, -0.2) is 0 Å². The first-order valence-corrected chi connectivity index (χ1v) is 23.2. The number of rotatable bonds is 10. The molecule has 380 valence electrons. The van der Waals surface area contributed by atoms with E-state index in [9.17, 15) is 0 Å². The second-order valence-corrected chi connectivity index (χ2v) is 19.1. The van der Waals surface area contributed by atoms with Crippen molar-refractivity contribution in [1.29, 1.82) is 5.26 Å². The van der Waals surface area contributed by atoms with E-state index < -0.39 is 39.5 Å². The van der Waals surface area contributed by atoms with E-state index in [-0.39, 0.29) is 58.8 Å². The van der Waals surface area contributed by atoms with Gasteiger partial charge in [-0.1, -0.05) is 188 Å². The van der Waals surface area contributed by atoms with Crippen molar-refractivity contribution in [3.05, 3.63) is 288 Å². The summed E-state index contributed by atoms with van der Waals surface area (Å²) in [6, 6.07) is 72.6. The molecule has 24 nitrogen and oxygen atoms in total. The average Bonchev–Trinajstić information content (AvgIpc) is 3.34. The Morgan fingerprint density at radius 1 is 0.384 bits per heavy atom. The smallest absolute Gasteiger partial charge is 0.356 e. The first kappa shape index (κ1) is 67.4. The normalized spacial score (nSPS) is 9.32. The van der Waals surface area contributed by atoms with Crippen LogP contribution < -0.4 is 31.8 Å². The molecule has 0 N–H and O–H groups in total. The molecule has 2 radical (unpaired) electrons. The van der Waals surface area contributed by atoms with Gasteiger partial charge in [-0.3, -0.25) is 14.5 Å². The number of nitrogens with zero attached hydrogens (tertiary/aromatic N) is 9. The van der Waals surface area contributed by atoms with Crippen LogP contribution in [0.3, 0.4) is 0 Å². The van der Waals surface area contributed by atoms with Crippen LogP contribution in [-0.4, -0.2) is 30.4 Å². The fourth-order valence-corrected chi connectivity index (χ4v) is 13.4. The van der Waals surface area contributed by atoms with Gasteiger partial charge in [0.2, 0.25) is 0 Å². The molecule has 0 aliphatic rings. The van der Waals surface area contributed by atoms with Crippen LogP contribution in [0, 0.1) is 130 Å². The van der Waals surface area contributed by atoms with Gasteiger partial charge in [0.05, 0.1) is 70.1 Å². The van der Waals surface area contributed by atoms with E-state index in [2.05, 4.69) is 200 Å². The molecule has 7 aromatic rings. The molecule has 0 amide bonds. The Hall–Kier alpha value is -7.68. The topological polar surface area (TPSA) is 392 Å². The summed E-state index contributed by atoms with van der Waals surface area (Å²) in [6.07, 6.45) is 0. The van der Waals surface area contributed by atoms with Crippen LogP contribution in [0.1, 0.15) is 18.3 Å². The summed E-state index contributed by atoms with van der Waals surface area (Å²) in [5, 5.41) is 88.5. The Morgan fingerprint density at radius 2 is 0.534 bits per heavy atom. The number of nitriles is 1. The fraction of sp³-hybridized carbons (Fsp3) is 0.0667. The molecule has 0 atom stereocenters. The van der Waals surface area contributed by atoms with Crippen molar-refractivity contribution in [2.24, 2.45) is 9.49 Å². The Morgan fingerprint density at radius 3 is 0.685 bits per heavy atom. The molecule has 0 bridgehead atoms. The van der Waals surface area contributed by atoms with Gasteiger partial charge in [0, 0.05) is 38.8 Å². The first-order valence-electron chi connectivity index (χ1n) is 19.7. The standard InChI is InChI=1S/C43H37N3P2.C2H3N.Ce.Cu.5NO3/c1-7-22-38(23-8-1)47(39-24-9-2-10-25-39,40-26-11-3-12-27-40)44-34-36-20-19-21-37(46-36)35-45-48(41-28-13-4-14-29-41,42-30-15-5-16-31-42)43-32-17-6-18-33-43;1-2-3;;;5*2-1(3)4/h1-33H,34-35H2;1H3;;;;;;;/q;;+3;+2;5*-1. The average molecular weight is 1210 g/mol. The Labute approximate surface area is 460 Å². The second-order valence-electron chi connectivity index (χ2n) is 12.8. The van der Waals surface area contributed by atoms with Gasteiger partial charge in [0.15, 0.2) is 0 Å². The Bertz CT molecular complexity index is 2420. The third-order valence-corrected chi connectivity index (χ3v) is 15.9. The van der Waals surface area contributed by atoms with Crippen LogP contribution in [0.25, 0.3) is 0 Å². The zero-order valence-electron chi connectivity index (χ0n) is 37.8. The summed E-state index contributed by atoms with van der Waals surface area (Å²) < 4.78 is 11.3. The van der Waals surface area contributed by atoms with Gasteiger partial charge in [0.1, 0.15) is 0 Å². The summed E-state index contributed by atoms with van der Waals surface area (Å²) in [6.45, 7) is 2.42. The van der Waals surface area contributed by atoms with Crippen LogP contribution in [-0.2, 0) is 30.2 Å². The fourth-order valence-electron chi connectivity index (χ4n) is 6.31. The summed E-state index contributed by atoms with van der Waals surface area (Å²) in [5.74, 6) is 0. The SMILES string of the molecule is CC#N.O=[N+]([O-])[O-].O=[N+]([O-])[O-].O=[N+]([O-])[O-].O=[N+]([O-])[O-].O=[N+]([O-])[O-].[Ce+3].[Cu+2].c1ccc(P(=NCc2cccc(CN=P(c3ccccc3)(c3ccccc3)c3ccccc3)n2)(c2ccccc2)c2ccccc2)cc1. The first-order chi connectivity index (χ1) is 33.9. The molecule has 73 heavy (non-hydrogen) atoms. The number of aromatic nitrogens is 1. The molecule has 0 fully saturated rings. The Balaban J connectivity index is 0. The zero-order valence-corrected chi connectivity index (χ0v) is 43.7. The van der Waals surface area contributed by atoms with E-state index in [0.717, 1.165) is 11.4 Å². The number of hydrogen-bond donors (Lipinski definition) is 0. The van der Waals surface area contributed by atoms with E-state index >= 15 is 0 Å². The maximum absolute atomic E-state index is 8.25. The zero-order chi connectivity index (χ0) is 53.1. The van der Waals surface area contributed by atoms with E-state index in [1.54, 1.807) is 6.07 Å². The molecule has 0 spiro atoms. The molecule has 1 aromatic heterocycles. The minimum Gasteiger partial charge on any atom is -0.356 e. The number of pyridine rings is 1. The van der Waals surface area contributed by atoms with Crippen LogP contribution in [0.2, 0.25) is 0 Å². The molecule has 7 rings (SSSR count). The predicted molar refractivity (Wildman–Crippen MR) is 270 cm³/mol. The van der Waals surface area contributed by atoms with Gasteiger partial charge >= 0.3 is 58.8 Å². The second kappa shape index (κ2) is 38.1. The van der Waals surface area contributed by atoms with Gasteiger partial charge in [-0.2, -0.15) is 5.26 Å². The monoisotopic (exact) mass is 1210 g/mol. The van der Waals surface area contributed by atoms with Crippen LogP contribution in [0.4, 0.5) is 0 Å². The quantitative estimate of drug-likeness (QED) is 0.0546. The van der Waals surface area contributed by atoms with Gasteiger partial charge in [-0.15, -0.1) is 0 Å². The van der Waals surface area contributed by atoms with Crippen molar-refractivity contribution in [3.8, 4) is 6.07 Å². The van der Waals surface area contributed by atoms with Crippen molar-refractivity contribution in [3.63, 3.8) is 0 Å². The van der Waals surface area contributed by atoms with E-state index in [1.807, 2.05) is 0 Å². The molecule has 0 saturated carbocycles. The van der Waals surface area contributed by atoms with Crippen molar-refractivity contribution in [2.45, 2.75) is 20.0 Å².